The van der Waals surface area contributed by atoms with E-state index in [0.29, 0.717) is 6.42 Å². The molecule has 1 atom stereocenters. The Morgan fingerprint density at radius 2 is 2.08 bits per heavy atom. The van der Waals surface area contributed by atoms with Crippen molar-refractivity contribution in [3.63, 3.8) is 0 Å². The van der Waals surface area contributed by atoms with Gasteiger partial charge in [-0.15, -0.1) is 0 Å². The lowest BCUT2D eigenvalue weighted by Crippen LogP contribution is -1.99. The van der Waals surface area contributed by atoms with E-state index in [-0.39, 0.29) is 19.8 Å². The molecule has 0 aliphatic heterocycles. The Hall–Kier alpha value is -0.510. The molecular weight excluding hydrogens is 197 g/mol. The Morgan fingerprint density at radius 3 is 2.62 bits per heavy atom. The minimum absolute atomic E-state index is 0.00351. The summed E-state index contributed by atoms with van der Waals surface area (Å²) in [5, 5.41) is 0. The van der Waals surface area contributed by atoms with Crippen molar-refractivity contribution >= 4 is 13.9 Å². The molecule has 0 fully saturated rings. The smallest absolute Gasteiger partial charge is 0.302 e. The van der Waals surface area contributed by atoms with E-state index in [1.54, 1.807) is 6.92 Å². The first-order valence-electron chi connectivity index (χ1n) is 3.78. The first-order chi connectivity index (χ1) is 6.12. The third kappa shape index (κ3) is 7.84. The number of phosphoric ester groups is 1. The van der Waals surface area contributed by atoms with Crippen LogP contribution in [0.4, 0.5) is 0 Å². The lowest BCUT2D eigenvalue weighted by molar-refractivity contribution is 0.153. The highest BCUT2D eigenvalue weighted by Crippen LogP contribution is 2.42. The largest absolute Gasteiger partial charge is 0.472 e. The molecule has 0 aliphatic rings. The van der Waals surface area contributed by atoms with E-state index in [0.717, 1.165) is 0 Å². The van der Waals surface area contributed by atoms with Crippen LogP contribution < -0.4 is 0 Å². The molecule has 76 valence electrons. The summed E-state index contributed by atoms with van der Waals surface area (Å²) in [7, 11) is -3.94. The van der Waals surface area contributed by atoms with Gasteiger partial charge in [0.1, 0.15) is 0 Å². The number of aliphatic imine (C=N–C) groups is 1. The van der Waals surface area contributed by atoms with Gasteiger partial charge in [0.15, 0.2) is 0 Å². The highest BCUT2D eigenvalue weighted by Gasteiger charge is 2.19. The van der Waals surface area contributed by atoms with Crippen LogP contribution >= 0.6 is 7.82 Å². The zero-order valence-electron chi connectivity index (χ0n) is 7.30. The summed E-state index contributed by atoms with van der Waals surface area (Å²) < 4.78 is 19.9. The fraction of sp³-hybridized carbons (Fsp3) is 0.833. The van der Waals surface area contributed by atoms with E-state index in [4.69, 9.17) is 4.89 Å². The molecule has 0 aromatic heterocycles. The van der Waals surface area contributed by atoms with Crippen LogP contribution in [0.5, 0.6) is 0 Å². The summed E-state index contributed by atoms with van der Waals surface area (Å²) in [6.07, 6.45) is 1.91. The van der Waals surface area contributed by atoms with Crippen molar-refractivity contribution < 1.29 is 23.3 Å². The second-order valence-electron chi connectivity index (χ2n) is 2.11. The summed E-state index contributed by atoms with van der Waals surface area (Å²) in [4.78, 5) is 21.6. The number of carbonyl (C=O) groups excluding carboxylic acids is 1. The zero-order valence-corrected chi connectivity index (χ0v) is 8.20. The molecule has 0 aromatic carbocycles. The molecule has 0 bridgehead atoms. The van der Waals surface area contributed by atoms with Crippen LogP contribution in [0.1, 0.15) is 13.3 Å². The predicted octanol–water partition coefficient (Wildman–Crippen LogP) is 0.866. The number of nitrogens with zero attached hydrogens (tertiary/aromatic N) is 1. The van der Waals surface area contributed by atoms with Gasteiger partial charge in [-0.1, -0.05) is 6.92 Å². The summed E-state index contributed by atoms with van der Waals surface area (Å²) in [5.74, 6) is 0. The number of rotatable bonds is 7. The molecule has 1 N–H and O–H groups in total. The molecule has 0 spiro atoms. The zero-order chi connectivity index (χ0) is 10.2. The van der Waals surface area contributed by atoms with Crippen molar-refractivity contribution in [3.05, 3.63) is 0 Å². The predicted molar refractivity (Wildman–Crippen MR) is 45.0 cm³/mol. The molecular formula is C6H12NO5P. The Morgan fingerprint density at radius 1 is 1.46 bits per heavy atom. The van der Waals surface area contributed by atoms with Crippen LogP contribution in [0.25, 0.3) is 0 Å². The SMILES string of the molecule is CCCOP(=O)(O)OCCN=C=O. The van der Waals surface area contributed by atoms with Gasteiger partial charge in [0.2, 0.25) is 6.08 Å². The standard InChI is InChI=1S/C6H12NO5P/c1-2-4-11-13(9,10)12-5-3-7-6-8/h2-5H2,1H3,(H,9,10). The summed E-state index contributed by atoms with van der Waals surface area (Å²) in [6.45, 7) is 1.83. The molecule has 0 saturated heterocycles. The lowest BCUT2D eigenvalue weighted by Gasteiger charge is -2.09. The fourth-order valence-electron chi connectivity index (χ4n) is 0.491. The van der Waals surface area contributed by atoms with Crippen molar-refractivity contribution in [2.75, 3.05) is 19.8 Å². The normalized spacial score (nSPS) is 14.6. The minimum Gasteiger partial charge on any atom is -0.302 e. The maximum absolute atomic E-state index is 10.9. The quantitative estimate of drug-likeness (QED) is 0.291. The minimum atomic E-state index is -3.94. The molecule has 0 heterocycles. The van der Waals surface area contributed by atoms with E-state index in [1.807, 2.05) is 0 Å². The number of phosphoric acid groups is 1. The van der Waals surface area contributed by atoms with Gasteiger partial charge in [0, 0.05) is 0 Å². The Labute approximate surface area is 76.2 Å². The van der Waals surface area contributed by atoms with Crippen LogP contribution in [0.15, 0.2) is 4.99 Å². The lowest BCUT2D eigenvalue weighted by atomic mass is 10.5. The van der Waals surface area contributed by atoms with E-state index < -0.39 is 7.82 Å². The molecule has 0 amide bonds. The second kappa shape index (κ2) is 6.95. The van der Waals surface area contributed by atoms with Gasteiger partial charge >= 0.3 is 7.82 Å². The highest BCUT2D eigenvalue weighted by atomic mass is 31.2. The topological polar surface area (TPSA) is 85.2 Å². The maximum atomic E-state index is 10.9. The van der Waals surface area contributed by atoms with E-state index >= 15 is 0 Å². The maximum Gasteiger partial charge on any atom is 0.472 e. The fourth-order valence-corrected chi connectivity index (χ4v) is 1.29. The summed E-state index contributed by atoms with van der Waals surface area (Å²) in [5.41, 5.74) is 0. The van der Waals surface area contributed by atoms with Gasteiger partial charge in [0.05, 0.1) is 19.8 Å². The third-order valence-electron chi connectivity index (χ3n) is 0.981. The molecule has 6 nitrogen and oxygen atoms in total. The van der Waals surface area contributed by atoms with Crippen LogP contribution in [-0.4, -0.2) is 30.7 Å². The second-order valence-corrected chi connectivity index (χ2v) is 3.56. The van der Waals surface area contributed by atoms with Crippen LogP contribution in [0, 0.1) is 0 Å². The third-order valence-corrected chi connectivity index (χ3v) is 2.00. The number of hydrogen-bond donors (Lipinski definition) is 1. The van der Waals surface area contributed by atoms with Crippen LogP contribution in [-0.2, 0) is 18.4 Å². The number of isocyanates is 1. The van der Waals surface area contributed by atoms with Gasteiger partial charge in [-0.05, 0) is 6.42 Å². The molecule has 0 rings (SSSR count). The molecule has 13 heavy (non-hydrogen) atoms. The van der Waals surface area contributed by atoms with E-state index in [2.05, 4.69) is 14.0 Å². The first kappa shape index (κ1) is 12.5. The molecule has 0 saturated carbocycles. The first-order valence-corrected chi connectivity index (χ1v) is 5.27. The van der Waals surface area contributed by atoms with Crippen molar-refractivity contribution in [2.45, 2.75) is 13.3 Å². The van der Waals surface area contributed by atoms with Gasteiger partial charge in [-0.25, -0.2) is 14.4 Å². The van der Waals surface area contributed by atoms with Gasteiger partial charge in [-0.3, -0.25) is 9.05 Å². The highest BCUT2D eigenvalue weighted by molar-refractivity contribution is 7.47. The molecule has 0 radical (unpaired) electrons. The van der Waals surface area contributed by atoms with Crippen molar-refractivity contribution in [1.82, 2.24) is 0 Å². The van der Waals surface area contributed by atoms with Crippen molar-refractivity contribution in [1.29, 1.82) is 0 Å². The van der Waals surface area contributed by atoms with Crippen LogP contribution in [0.3, 0.4) is 0 Å². The van der Waals surface area contributed by atoms with Gasteiger partial charge in [0.25, 0.3) is 0 Å². The van der Waals surface area contributed by atoms with Crippen molar-refractivity contribution in [3.8, 4) is 0 Å². The van der Waals surface area contributed by atoms with Gasteiger partial charge < -0.3 is 4.89 Å². The van der Waals surface area contributed by atoms with Crippen LogP contribution in [0.2, 0.25) is 0 Å². The summed E-state index contributed by atoms with van der Waals surface area (Å²) >= 11 is 0. The summed E-state index contributed by atoms with van der Waals surface area (Å²) in [6, 6.07) is 0. The number of hydrogen-bond acceptors (Lipinski definition) is 5. The van der Waals surface area contributed by atoms with Crippen molar-refractivity contribution in [2.24, 2.45) is 4.99 Å². The Bertz CT molecular complexity index is 225. The average Bonchev–Trinajstić information content (AvgIpc) is 2.09. The molecule has 1 unspecified atom stereocenters. The van der Waals surface area contributed by atoms with E-state index in [9.17, 15) is 9.36 Å². The Kier molecular flexibility index (Phi) is 6.68. The molecule has 7 heteroatoms. The van der Waals surface area contributed by atoms with Gasteiger partial charge in [-0.2, -0.15) is 0 Å². The average molecular weight is 209 g/mol. The monoisotopic (exact) mass is 209 g/mol. The van der Waals surface area contributed by atoms with E-state index in [1.165, 1.54) is 6.08 Å². The Balaban J connectivity index is 3.62. The molecule has 0 aromatic rings. The molecule has 0 aliphatic carbocycles.